The van der Waals surface area contributed by atoms with Crippen molar-refractivity contribution < 1.29 is 4.74 Å². The van der Waals surface area contributed by atoms with Crippen LogP contribution in [0.1, 0.15) is 13.3 Å². The highest BCUT2D eigenvalue weighted by atomic mass is 35.5. The lowest BCUT2D eigenvalue weighted by molar-refractivity contribution is 0.0930. The lowest BCUT2D eigenvalue weighted by Gasteiger charge is -2.38. The van der Waals surface area contributed by atoms with E-state index in [0.29, 0.717) is 35.0 Å². The first-order valence-electron chi connectivity index (χ1n) is 5.72. The summed E-state index contributed by atoms with van der Waals surface area (Å²) in [5.74, 6) is 0. The van der Waals surface area contributed by atoms with Gasteiger partial charge in [0, 0.05) is 12.2 Å². The minimum absolute atomic E-state index is 0.322. The standard InChI is InChI=1S/C12H16Cl2N2O/c1-2-9-7-17-4-3-16(9)12-10(13)5-8(15)6-11(12)14/h5-6,9H,2-4,7,15H2,1H3. The van der Waals surface area contributed by atoms with E-state index >= 15 is 0 Å². The second-order valence-corrected chi connectivity index (χ2v) is 4.98. The van der Waals surface area contributed by atoms with Gasteiger partial charge in [0.05, 0.1) is 35.0 Å². The topological polar surface area (TPSA) is 38.5 Å². The molecule has 0 spiro atoms. The smallest absolute Gasteiger partial charge is 0.0750 e. The maximum Gasteiger partial charge on any atom is 0.0750 e. The van der Waals surface area contributed by atoms with E-state index in [1.165, 1.54) is 0 Å². The predicted octanol–water partition coefficient (Wildman–Crippen LogP) is 3.19. The van der Waals surface area contributed by atoms with Crippen molar-refractivity contribution >= 4 is 34.6 Å². The van der Waals surface area contributed by atoms with Gasteiger partial charge in [-0.15, -0.1) is 0 Å². The monoisotopic (exact) mass is 274 g/mol. The van der Waals surface area contributed by atoms with Gasteiger partial charge < -0.3 is 15.4 Å². The Labute approximate surface area is 111 Å². The summed E-state index contributed by atoms with van der Waals surface area (Å²) in [6, 6.07) is 3.80. The quantitative estimate of drug-likeness (QED) is 0.842. The first kappa shape index (κ1) is 12.8. The summed E-state index contributed by atoms with van der Waals surface area (Å²) in [6.45, 7) is 4.36. The van der Waals surface area contributed by atoms with Crippen LogP contribution in [-0.4, -0.2) is 25.8 Å². The number of rotatable bonds is 2. The number of nitrogens with two attached hydrogens (primary N) is 1. The molecule has 1 heterocycles. The summed E-state index contributed by atoms with van der Waals surface area (Å²) < 4.78 is 5.48. The highest BCUT2D eigenvalue weighted by Crippen LogP contribution is 2.37. The fraction of sp³-hybridized carbons (Fsp3) is 0.500. The summed E-state index contributed by atoms with van der Waals surface area (Å²) in [4.78, 5) is 2.22. The summed E-state index contributed by atoms with van der Waals surface area (Å²) in [6.07, 6.45) is 0.997. The third-order valence-corrected chi connectivity index (χ3v) is 3.60. The largest absolute Gasteiger partial charge is 0.399 e. The number of morpholine rings is 1. The van der Waals surface area contributed by atoms with Crippen LogP contribution in [0.4, 0.5) is 11.4 Å². The highest BCUT2D eigenvalue weighted by molar-refractivity contribution is 6.39. The van der Waals surface area contributed by atoms with Gasteiger partial charge in [-0.25, -0.2) is 0 Å². The van der Waals surface area contributed by atoms with Gasteiger partial charge in [0.2, 0.25) is 0 Å². The average Bonchev–Trinajstić information content (AvgIpc) is 2.28. The Balaban J connectivity index is 2.38. The molecule has 17 heavy (non-hydrogen) atoms. The molecule has 1 aromatic carbocycles. The van der Waals surface area contributed by atoms with E-state index in [1.807, 2.05) is 0 Å². The minimum atomic E-state index is 0.322. The average molecular weight is 275 g/mol. The van der Waals surface area contributed by atoms with E-state index < -0.39 is 0 Å². The molecular formula is C12H16Cl2N2O. The van der Waals surface area contributed by atoms with Gasteiger partial charge in [-0.2, -0.15) is 0 Å². The SMILES string of the molecule is CCC1COCCN1c1c(Cl)cc(N)cc1Cl. The molecule has 0 aromatic heterocycles. The minimum Gasteiger partial charge on any atom is -0.399 e. The van der Waals surface area contributed by atoms with E-state index in [1.54, 1.807) is 12.1 Å². The normalized spacial score (nSPS) is 20.6. The molecule has 1 aliphatic rings. The molecule has 0 bridgehead atoms. The number of nitrogens with zero attached hydrogens (tertiary/aromatic N) is 1. The predicted molar refractivity (Wildman–Crippen MR) is 73.1 cm³/mol. The summed E-state index contributed by atoms with van der Waals surface area (Å²) in [5.41, 5.74) is 7.17. The summed E-state index contributed by atoms with van der Waals surface area (Å²) >= 11 is 12.5. The number of ether oxygens (including phenoxy) is 1. The van der Waals surface area contributed by atoms with Crippen molar-refractivity contribution in [2.45, 2.75) is 19.4 Å². The molecule has 0 radical (unpaired) electrons. The molecule has 3 nitrogen and oxygen atoms in total. The fourth-order valence-corrected chi connectivity index (χ4v) is 2.87. The number of nitrogen functional groups attached to an aromatic ring is 1. The molecule has 0 saturated carbocycles. The first-order valence-corrected chi connectivity index (χ1v) is 6.48. The Hall–Kier alpha value is -0.640. The Kier molecular flexibility index (Phi) is 4.02. The zero-order valence-corrected chi connectivity index (χ0v) is 11.3. The van der Waals surface area contributed by atoms with Crippen molar-refractivity contribution in [3.63, 3.8) is 0 Å². The lowest BCUT2D eigenvalue weighted by Crippen LogP contribution is -2.45. The second kappa shape index (κ2) is 5.34. The zero-order valence-electron chi connectivity index (χ0n) is 9.75. The molecule has 94 valence electrons. The van der Waals surface area contributed by atoms with Crippen LogP contribution < -0.4 is 10.6 Å². The Morgan fingerprint density at radius 3 is 2.65 bits per heavy atom. The van der Waals surface area contributed by atoms with Crippen molar-refractivity contribution in [3.8, 4) is 0 Å². The molecular weight excluding hydrogens is 259 g/mol. The van der Waals surface area contributed by atoms with E-state index in [9.17, 15) is 0 Å². The molecule has 1 aromatic rings. The number of benzene rings is 1. The highest BCUT2D eigenvalue weighted by Gasteiger charge is 2.25. The molecule has 2 N–H and O–H groups in total. The third-order valence-electron chi connectivity index (χ3n) is 3.03. The van der Waals surface area contributed by atoms with Crippen LogP contribution in [0.3, 0.4) is 0 Å². The summed E-state index contributed by atoms with van der Waals surface area (Å²) in [7, 11) is 0. The number of hydrogen-bond acceptors (Lipinski definition) is 3. The van der Waals surface area contributed by atoms with Crippen LogP contribution in [-0.2, 0) is 4.74 Å². The first-order chi connectivity index (χ1) is 8.13. The number of hydrogen-bond donors (Lipinski definition) is 1. The van der Waals surface area contributed by atoms with Crippen LogP contribution >= 0.6 is 23.2 Å². The number of halogens is 2. The molecule has 5 heteroatoms. The van der Waals surface area contributed by atoms with Gasteiger partial charge in [0.1, 0.15) is 0 Å². The Morgan fingerprint density at radius 2 is 2.06 bits per heavy atom. The van der Waals surface area contributed by atoms with Gasteiger partial charge in [-0.3, -0.25) is 0 Å². The van der Waals surface area contributed by atoms with Crippen LogP contribution in [0.15, 0.2) is 12.1 Å². The van der Waals surface area contributed by atoms with Crippen molar-refractivity contribution in [2.75, 3.05) is 30.4 Å². The maximum absolute atomic E-state index is 6.24. The molecule has 0 amide bonds. The number of anilines is 2. The van der Waals surface area contributed by atoms with Crippen LogP contribution in [0.5, 0.6) is 0 Å². The molecule has 2 rings (SSSR count). The van der Waals surface area contributed by atoms with E-state index in [0.717, 1.165) is 18.7 Å². The Morgan fingerprint density at radius 1 is 1.41 bits per heavy atom. The van der Waals surface area contributed by atoms with Crippen LogP contribution in [0.25, 0.3) is 0 Å². The van der Waals surface area contributed by atoms with E-state index in [-0.39, 0.29) is 0 Å². The van der Waals surface area contributed by atoms with Crippen molar-refractivity contribution in [3.05, 3.63) is 22.2 Å². The fourth-order valence-electron chi connectivity index (χ4n) is 2.15. The van der Waals surface area contributed by atoms with E-state index in [4.69, 9.17) is 33.7 Å². The second-order valence-electron chi connectivity index (χ2n) is 4.16. The molecule has 1 unspecified atom stereocenters. The van der Waals surface area contributed by atoms with Gasteiger partial charge in [0.25, 0.3) is 0 Å². The van der Waals surface area contributed by atoms with Gasteiger partial charge >= 0.3 is 0 Å². The summed E-state index contributed by atoms with van der Waals surface area (Å²) in [5, 5.41) is 1.21. The van der Waals surface area contributed by atoms with Crippen LogP contribution in [0.2, 0.25) is 10.0 Å². The van der Waals surface area contributed by atoms with Gasteiger partial charge in [0.15, 0.2) is 0 Å². The van der Waals surface area contributed by atoms with Crippen LogP contribution in [0, 0.1) is 0 Å². The molecule has 1 aliphatic heterocycles. The maximum atomic E-state index is 6.24. The molecule has 0 aliphatic carbocycles. The van der Waals surface area contributed by atoms with Crippen molar-refractivity contribution in [2.24, 2.45) is 0 Å². The van der Waals surface area contributed by atoms with E-state index in [2.05, 4.69) is 11.8 Å². The third kappa shape index (κ3) is 2.62. The zero-order chi connectivity index (χ0) is 12.4. The van der Waals surface area contributed by atoms with Gasteiger partial charge in [-0.05, 0) is 18.6 Å². The Bertz CT molecular complexity index is 388. The molecule has 1 saturated heterocycles. The van der Waals surface area contributed by atoms with Gasteiger partial charge in [-0.1, -0.05) is 30.1 Å². The van der Waals surface area contributed by atoms with Crippen molar-refractivity contribution in [1.29, 1.82) is 0 Å². The molecule has 1 fully saturated rings. The lowest BCUT2D eigenvalue weighted by atomic mass is 10.1. The molecule has 1 atom stereocenters. The van der Waals surface area contributed by atoms with Crippen molar-refractivity contribution in [1.82, 2.24) is 0 Å².